The van der Waals surface area contributed by atoms with E-state index < -0.39 is 16.1 Å². The number of rotatable bonds is 14. The molecule has 0 saturated carbocycles. The number of amides is 2. The summed E-state index contributed by atoms with van der Waals surface area (Å²) in [6, 6.07) is 14.2. The molecule has 0 bridgehead atoms. The zero-order valence-corrected chi connectivity index (χ0v) is 23.7. The fourth-order valence-corrected chi connectivity index (χ4v) is 5.08. The fraction of sp³-hybridized carbons (Fsp3) is 0.500. The Bertz CT molecular complexity index is 1130. The van der Waals surface area contributed by atoms with Gasteiger partial charge in [-0.15, -0.1) is 0 Å². The standard InChI is InChI=1S/C28H41N3O5S/c1-7-24(28(33)29-21(3)4)30(20-23-17-15-22(5)16-18-23)27(32)14-11-19-31(37(6,34)35)25-12-9-10-13-26(25)36-8-2/h9-10,12-13,15-18,21,24H,7-8,11,14,19-20H2,1-6H3,(H,29,33)/t24-/m1/s1. The minimum Gasteiger partial charge on any atom is -0.492 e. The third-order valence-electron chi connectivity index (χ3n) is 5.88. The first-order valence-corrected chi connectivity index (χ1v) is 14.7. The van der Waals surface area contributed by atoms with Crippen LogP contribution in [0.2, 0.25) is 0 Å². The number of aryl methyl sites for hydroxylation is 1. The third kappa shape index (κ3) is 9.07. The molecule has 1 N–H and O–H groups in total. The maximum absolute atomic E-state index is 13.5. The summed E-state index contributed by atoms with van der Waals surface area (Å²) in [5.74, 6) is 0.0818. The van der Waals surface area contributed by atoms with Crippen molar-refractivity contribution < 1.29 is 22.7 Å². The fourth-order valence-electron chi connectivity index (χ4n) is 4.11. The molecule has 0 aliphatic heterocycles. The molecule has 0 heterocycles. The van der Waals surface area contributed by atoms with Gasteiger partial charge in [-0.1, -0.05) is 48.9 Å². The number of anilines is 1. The molecular weight excluding hydrogens is 490 g/mol. The number of nitrogens with zero attached hydrogens (tertiary/aromatic N) is 2. The molecule has 0 unspecified atom stereocenters. The maximum atomic E-state index is 13.5. The lowest BCUT2D eigenvalue weighted by molar-refractivity contribution is -0.141. The Balaban J connectivity index is 2.24. The molecule has 2 aromatic rings. The van der Waals surface area contributed by atoms with E-state index in [1.165, 1.54) is 4.31 Å². The first-order chi connectivity index (χ1) is 17.5. The second kappa shape index (κ2) is 14.0. The molecule has 0 spiro atoms. The molecule has 9 heteroatoms. The predicted molar refractivity (Wildman–Crippen MR) is 148 cm³/mol. The molecule has 37 heavy (non-hydrogen) atoms. The van der Waals surface area contributed by atoms with Gasteiger partial charge in [0.25, 0.3) is 0 Å². The van der Waals surface area contributed by atoms with Gasteiger partial charge in [0.1, 0.15) is 11.8 Å². The second-order valence-electron chi connectivity index (χ2n) is 9.43. The Morgan fingerprint density at radius 1 is 1.03 bits per heavy atom. The highest BCUT2D eigenvalue weighted by molar-refractivity contribution is 7.92. The number of benzene rings is 2. The highest BCUT2D eigenvalue weighted by atomic mass is 32.2. The second-order valence-corrected chi connectivity index (χ2v) is 11.3. The van der Waals surface area contributed by atoms with Gasteiger partial charge in [-0.05, 0) is 58.2 Å². The summed E-state index contributed by atoms with van der Waals surface area (Å²) in [6.45, 7) is 10.3. The van der Waals surface area contributed by atoms with Crippen LogP contribution in [0.4, 0.5) is 5.69 Å². The smallest absolute Gasteiger partial charge is 0.243 e. The van der Waals surface area contributed by atoms with Crippen molar-refractivity contribution in [3.63, 3.8) is 0 Å². The molecule has 8 nitrogen and oxygen atoms in total. The number of sulfonamides is 1. The van der Waals surface area contributed by atoms with Crippen molar-refractivity contribution in [3.8, 4) is 5.75 Å². The van der Waals surface area contributed by atoms with E-state index in [9.17, 15) is 18.0 Å². The Hall–Kier alpha value is -3.07. The molecule has 0 aromatic heterocycles. The van der Waals surface area contributed by atoms with E-state index in [1.807, 2.05) is 58.9 Å². The van der Waals surface area contributed by atoms with Gasteiger partial charge < -0.3 is 15.0 Å². The summed E-state index contributed by atoms with van der Waals surface area (Å²) in [4.78, 5) is 28.1. The minimum atomic E-state index is -3.61. The summed E-state index contributed by atoms with van der Waals surface area (Å²) in [5.41, 5.74) is 2.48. The third-order valence-corrected chi connectivity index (χ3v) is 7.06. The van der Waals surface area contributed by atoms with Crippen molar-refractivity contribution in [1.82, 2.24) is 10.2 Å². The molecule has 0 fully saturated rings. The maximum Gasteiger partial charge on any atom is 0.243 e. The molecule has 2 aromatic carbocycles. The average Bonchev–Trinajstić information content (AvgIpc) is 2.82. The number of hydrogen-bond donors (Lipinski definition) is 1. The van der Waals surface area contributed by atoms with Gasteiger partial charge in [-0.2, -0.15) is 0 Å². The van der Waals surface area contributed by atoms with E-state index in [4.69, 9.17) is 4.74 Å². The lowest BCUT2D eigenvalue weighted by atomic mass is 10.1. The van der Waals surface area contributed by atoms with Crippen molar-refractivity contribution in [2.45, 2.75) is 72.5 Å². The SMILES string of the molecule is CCOc1ccccc1N(CCCC(=O)N(Cc1ccc(C)cc1)[C@H](CC)C(=O)NC(C)C)S(C)(=O)=O. The Morgan fingerprint density at radius 3 is 2.24 bits per heavy atom. The van der Waals surface area contributed by atoms with Crippen molar-refractivity contribution in [2.75, 3.05) is 23.7 Å². The van der Waals surface area contributed by atoms with Crippen LogP contribution in [0.5, 0.6) is 5.75 Å². The van der Waals surface area contributed by atoms with Crippen molar-refractivity contribution in [3.05, 3.63) is 59.7 Å². The van der Waals surface area contributed by atoms with Crippen LogP contribution in [-0.2, 0) is 26.2 Å². The molecule has 204 valence electrons. The van der Waals surface area contributed by atoms with E-state index in [0.29, 0.717) is 37.4 Å². The molecule has 0 aliphatic rings. The number of para-hydroxylation sites is 2. The highest BCUT2D eigenvalue weighted by Crippen LogP contribution is 2.30. The number of ether oxygens (including phenoxy) is 1. The van der Waals surface area contributed by atoms with E-state index in [0.717, 1.165) is 17.4 Å². The largest absolute Gasteiger partial charge is 0.492 e. The first-order valence-electron chi connectivity index (χ1n) is 12.8. The normalized spacial score (nSPS) is 12.2. The van der Waals surface area contributed by atoms with Crippen LogP contribution >= 0.6 is 0 Å². The minimum absolute atomic E-state index is 0.0494. The quantitative estimate of drug-likeness (QED) is 0.393. The number of nitrogens with one attached hydrogen (secondary N) is 1. The van der Waals surface area contributed by atoms with Crippen LogP contribution in [-0.4, -0.2) is 56.6 Å². The summed E-state index contributed by atoms with van der Waals surface area (Å²) >= 11 is 0. The monoisotopic (exact) mass is 531 g/mol. The molecular formula is C28H41N3O5S. The zero-order valence-electron chi connectivity index (χ0n) is 22.9. The first kappa shape index (κ1) is 30.2. The van der Waals surface area contributed by atoms with Crippen LogP contribution in [0, 0.1) is 6.92 Å². The van der Waals surface area contributed by atoms with Crippen molar-refractivity contribution in [1.29, 1.82) is 0 Å². The van der Waals surface area contributed by atoms with E-state index in [2.05, 4.69) is 5.32 Å². The van der Waals surface area contributed by atoms with Gasteiger partial charge in [-0.3, -0.25) is 13.9 Å². The summed E-state index contributed by atoms with van der Waals surface area (Å²) in [6.07, 6.45) is 2.00. The van der Waals surface area contributed by atoms with Gasteiger partial charge >= 0.3 is 0 Å². The molecule has 1 atom stereocenters. The predicted octanol–water partition coefficient (Wildman–Crippen LogP) is 4.27. The van der Waals surface area contributed by atoms with Gasteiger partial charge in [0.2, 0.25) is 21.8 Å². The van der Waals surface area contributed by atoms with Gasteiger partial charge in [0.05, 0.1) is 18.6 Å². The van der Waals surface area contributed by atoms with Gasteiger partial charge in [-0.25, -0.2) is 8.42 Å². The summed E-state index contributed by atoms with van der Waals surface area (Å²) in [7, 11) is -3.61. The molecule has 0 radical (unpaired) electrons. The molecule has 0 aliphatic carbocycles. The number of carbonyl (C=O) groups is 2. The Morgan fingerprint density at radius 2 is 1.68 bits per heavy atom. The van der Waals surface area contributed by atoms with Crippen molar-refractivity contribution >= 4 is 27.5 Å². The summed E-state index contributed by atoms with van der Waals surface area (Å²) in [5, 5.41) is 2.92. The van der Waals surface area contributed by atoms with Crippen LogP contribution < -0.4 is 14.4 Å². The van der Waals surface area contributed by atoms with Crippen LogP contribution in [0.1, 0.15) is 58.1 Å². The topological polar surface area (TPSA) is 96.0 Å². The zero-order chi connectivity index (χ0) is 27.6. The Labute approximate surface area is 222 Å². The van der Waals surface area contributed by atoms with E-state index in [-0.39, 0.29) is 30.8 Å². The molecule has 0 saturated heterocycles. The molecule has 2 rings (SSSR count). The highest BCUT2D eigenvalue weighted by Gasteiger charge is 2.29. The average molecular weight is 532 g/mol. The van der Waals surface area contributed by atoms with Crippen LogP contribution in [0.3, 0.4) is 0 Å². The van der Waals surface area contributed by atoms with Gasteiger partial charge in [0, 0.05) is 25.6 Å². The van der Waals surface area contributed by atoms with E-state index >= 15 is 0 Å². The van der Waals surface area contributed by atoms with Gasteiger partial charge in [0.15, 0.2) is 0 Å². The summed E-state index contributed by atoms with van der Waals surface area (Å²) < 4.78 is 32.2. The number of hydrogen-bond acceptors (Lipinski definition) is 5. The Kier molecular flexibility index (Phi) is 11.4. The van der Waals surface area contributed by atoms with Crippen molar-refractivity contribution in [2.24, 2.45) is 0 Å². The van der Waals surface area contributed by atoms with Crippen LogP contribution in [0.15, 0.2) is 48.5 Å². The van der Waals surface area contributed by atoms with E-state index in [1.54, 1.807) is 29.2 Å². The lowest BCUT2D eigenvalue weighted by Crippen LogP contribution is -2.50. The molecule has 2 amide bonds. The lowest BCUT2D eigenvalue weighted by Gasteiger charge is -2.31. The van der Waals surface area contributed by atoms with Crippen LogP contribution in [0.25, 0.3) is 0 Å². The number of carbonyl (C=O) groups excluding carboxylic acids is 2.